The highest BCUT2D eigenvalue weighted by Gasteiger charge is 2.18. The summed E-state index contributed by atoms with van der Waals surface area (Å²) < 4.78 is 19.2. The minimum Gasteiger partial charge on any atom is -0.200 e. The Morgan fingerprint density at radius 2 is 1.27 bits per heavy atom. The van der Waals surface area contributed by atoms with Gasteiger partial charge in [0.15, 0.2) is 6.17 Å². The monoisotopic (exact) mass is 388 g/mol. The molecule has 0 saturated carbocycles. The fraction of sp³-hybridized carbons (Fsp3) is 0.0690. The lowest BCUT2D eigenvalue weighted by molar-refractivity contribution is -0.659. The minimum atomic E-state index is 0.210. The van der Waals surface area contributed by atoms with E-state index >= 15 is 0 Å². The molecule has 1 aromatic heterocycles. The highest BCUT2D eigenvalue weighted by atomic mass is 14.9. The van der Waals surface area contributed by atoms with Gasteiger partial charge < -0.3 is 0 Å². The number of nitrogens with zero attached hydrogens (tertiary/aromatic N) is 1. The molecule has 5 rings (SSSR count). The third kappa shape index (κ3) is 3.29. The first-order valence-electron chi connectivity index (χ1n) is 11.2. The van der Waals surface area contributed by atoms with E-state index in [1.165, 1.54) is 0 Å². The molecule has 0 unspecified atom stereocenters. The second-order valence-electron chi connectivity index (χ2n) is 7.67. The van der Waals surface area contributed by atoms with Crippen LogP contribution in [0.4, 0.5) is 0 Å². The van der Waals surface area contributed by atoms with E-state index in [2.05, 4.69) is 61.5 Å². The average Bonchev–Trinajstić information content (AvgIpc) is 2.85. The smallest absolute Gasteiger partial charge is 0.200 e. The Morgan fingerprint density at radius 1 is 0.667 bits per heavy atom. The summed E-state index contributed by atoms with van der Waals surface area (Å²) in [7, 11) is 1.88. The topological polar surface area (TPSA) is 3.88 Å². The molecule has 1 heteroatoms. The van der Waals surface area contributed by atoms with Crippen LogP contribution in [0.5, 0.6) is 0 Å². The van der Waals surface area contributed by atoms with Gasteiger partial charge in [0.05, 0.1) is 12.3 Å². The maximum atomic E-state index is 8.67. The van der Waals surface area contributed by atoms with E-state index < -0.39 is 0 Å². The van der Waals surface area contributed by atoms with Crippen LogP contribution in [0.2, 0.25) is 0 Å². The Bertz CT molecular complexity index is 1440. The molecule has 1 heterocycles. The summed E-state index contributed by atoms with van der Waals surface area (Å²) in [6.45, 7) is 2.10. The molecule has 1 nitrogen and oxygen atoms in total. The molecule has 0 saturated heterocycles. The Labute approximate surface area is 180 Å². The number of hydrogen-bond acceptors (Lipinski definition) is 0. The van der Waals surface area contributed by atoms with Crippen LogP contribution in [0.15, 0.2) is 109 Å². The van der Waals surface area contributed by atoms with Crippen molar-refractivity contribution in [3.63, 3.8) is 0 Å². The van der Waals surface area contributed by atoms with E-state index in [0.717, 1.165) is 49.8 Å². The molecule has 0 aliphatic rings. The van der Waals surface area contributed by atoms with Crippen molar-refractivity contribution in [3.8, 4) is 33.5 Å². The average molecular weight is 389 g/mol. The summed E-state index contributed by atoms with van der Waals surface area (Å²) in [6, 6.07) is 33.5. The van der Waals surface area contributed by atoms with E-state index in [4.69, 9.17) is 2.74 Å². The molecule has 0 aliphatic carbocycles. The van der Waals surface area contributed by atoms with Gasteiger partial charge in [-0.2, -0.15) is 0 Å². The molecule has 0 fully saturated rings. The molecule has 0 bridgehead atoms. The maximum Gasteiger partial charge on any atom is 0.220 e. The van der Waals surface area contributed by atoms with Crippen molar-refractivity contribution in [1.29, 1.82) is 0 Å². The predicted molar refractivity (Wildman–Crippen MR) is 126 cm³/mol. The Hall–Kier alpha value is -3.71. The molecule has 0 atom stereocenters. The first kappa shape index (κ1) is 16.1. The molecule has 144 valence electrons. The lowest BCUT2D eigenvalue weighted by Crippen LogP contribution is -2.30. The second kappa shape index (κ2) is 7.61. The van der Waals surface area contributed by atoms with Gasteiger partial charge in [0.1, 0.15) is 8.42 Å². The van der Waals surface area contributed by atoms with E-state index in [-0.39, 0.29) is 12.2 Å². The number of fused-ring (bicyclic) bond motifs is 1. The van der Waals surface area contributed by atoms with Crippen LogP contribution in [-0.4, -0.2) is 0 Å². The van der Waals surface area contributed by atoms with Crippen LogP contribution in [0.3, 0.4) is 0 Å². The Balaban J connectivity index is 1.78. The van der Waals surface area contributed by atoms with Crippen molar-refractivity contribution in [2.24, 2.45) is 7.05 Å². The van der Waals surface area contributed by atoms with Gasteiger partial charge >= 0.3 is 0 Å². The third-order valence-corrected chi connectivity index (χ3v) is 5.68. The molecule has 0 radical (unpaired) electrons. The summed E-state index contributed by atoms with van der Waals surface area (Å²) in [5.41, 5.74) is 7.66. The molecular formula is C29H24N+. The highest BCUT2D eigenvalue weighted by molar-refractivity contribution is 5.96. The van der Waals surface area contributed by atoms with Crippen molar-refractivity contribution in [3.05, 3.63) is 115 Å². The van der Waals surface area contributed by atoms with Crippen LogP contribution < -0.4 is 4.57 Å². The van der Waals surface area contributed by atoms with Gasteiger partial charge in [-0.1, -0.05) is 78.9 Å². The van der Waals surface area contributed by atoms with Crippen molar-refractivity contribution in [2.75, 3.05) is 0 Å². The van der Waals surface area contributed by atoms with E-state index in [1.54, 1.807) is 0 Å². The first-order chi connectivity index (χ1) is 15.5. The summed E-state index contributed by atoms with van der Waals surface area (Å²) in [6.07, 6.45) is 0.210. The zero-order valence-corrected chi connectivity index (χ0v) is 17.2. The number of benzene rings is 4. The molecule has 0 aliphatic heterocycles. The summed E-state index contributed by atoms with van der Waals surface area (Å²) in [5.74, 6) is 0. The number of pyridine rings is 1. The van der Waals surface area contributed by atoms with Crippen molar-refractivity contribution < 1.29 is 7.31 Å². The van der Waals surface area contributed by atoms with Crippen molar-refractivity contribution in [1.82, 2.24) is 0 Å². The number of rotatable bonds is 3. The van der Waals surface area contributed by atoms with Crippen LogP contribution >= 0.6 is 0 Å². The number of aromatic nitrogens is 1. The zero-order chi connectivity index (χ0) is 22.2. The minimum absolute atomic E-state index is 0.210. The van der Waals surface area contributed by atoms with Gasteiger partial charge in [-0.3, -0.25) is 0 Å². The fourth-order valence-corrected chi connectivity index (χ4v) is 4.06. The van der Waals surface area contributed by atoms with Crippen LogP contribution in [0, 0.1) is 6.92 Å². The molecule has 5 aromatic rings. The normalized spacial score (nSPS) is 11.9. The second-order valence-corrected chi connectivity index (χ2v) is 7.67. The summed E-state index contributed by atoms with van der Waals surface area (Å²) >= 11 is 0. The Morgan fingerprint density at radius 3 is 1.93 bits per heavy atom. The molecular weight excluding hydrogens is 362 g/mol. The standard InChI is InChI=1S/C29H24N/c1-21-13-14-25(23-11-7-4-8-12-23)20-28(21)29-27-16-15-24(22-9-5-3-6-10-22)19-26(27)17-18-30(29)2/h3-20H,1-2H3/q+1/i17D,18D. The predicted octanol–water partition coefficient (Wildman–Crippen LogP) is 6.97. The molecule has 0 N–H and O–H groups in total. The molecule has 4 aromatic carbocycles. The third-order valence-electron chi connectivity index (χ3n) is 5.68. The van der Waals surface area contributed by atoms with Gasteiger partial charge in [-0.25, -0.2) is 4.57 Å². The largest absolute Gasteiger partial charge is 0.220 e. The van der Waals surface area contributed by atoms with Crippen LogP contribution in [0.25, 0.3) is 44.3 Å². The SMILES string of the molecule is [2H]c1c([2H])[n+](C)c(-c2cc(-c3ccccc3)ccc2C)c2ccc(-c3ccccc3)cc12. The van der Waals surface area contributed by atoms with Gasteiger partial charge in [0, 0.05) is 6.04 Å². The van der Waals surface area contributed by atoms with Gasteiger partial charge in [0.2, 0.25) is 5.69 Å². The maximum absolute atomic E-state index is 8.67. The lowest BCUT2D eigenvalue weighted by atomic mass is 9.94. The van der Waals surface area contributed by atoms with E-state index in [1.807, 2.05) is 54.1 Å². The van der Waals surface area contributed by atoms with Crippen LogP contribution in [0.1, 0.15) is 8.30 Å². The van der Waals surface area contributed by atoms with Gasteiger partial charge in [-0.15, -0.1) is 0 Å². The quantitative estimate of drug-likeness (QED) is 0.294. The molecule has 30 heavy (non-hydrogen) atoms. The fourth-order valence-electron chi connectivity index (χ4n) is 4.06. The van der Waals surface area contributed by atoms with Gasteiger partial charge in [0.25, 0.3) is 0 Å². The van der Waals surface area contributed by atoms with E-state index in [9.17, 15) is 0 Å². The number of hydrogen-bond donors (Lipinski definition) is 0. The van der Waals surface area contributed by atoms with Gasteiger partial charge in [-0.05, 0) is 58.3 Å². The van der Waals surface area contributed by atoms with Crippen molar-refractivity contribution in [2.45, 2.75) is 6.92 Å². The highest BCUT2D eigenvalue weighted by Crippen LogP contribution is 2.33. The van der Waals surface area contributed by atoms with Crippen molar-refractivity contribution >= 4 is 10.8 Å². The summed E-state index contributed by atoms with van der Waals surface area (Å²) in [5, 5.41) is 1.79. The lowest BCUT2D eigenvalue weighted by Gasteiger charge is -2.11. The zero-order valence-electron chi connectivity index (χ0n) is 19.2. The van der Waals surface area contributed by atoms with Crippen LogP contribution in [-0.2, 0) is 7.05 Å². The number of aryl methyl sites for hydroxylation is 1. The molecule has 0 amide bonds. The first-order valence-corrected chi connectivity index (χ1v) is 10.2. The summed E-state index contributed by atoms with van der Waals surface area (Å²) in [4.78, 5) is 0. The van der Waals surface area contributed by atoms with E-state index in [0.29, 0.717) is 0 Å². The Kier molecular flexibility index (Phi) is 4.09. The molecule has 0 spiro atoms.